The lowest BCUT2D eigenvalue weighted by molar-refractivity contribution is 0.215. The van der Waals surface area contributed by atoms with Gasteiger partial charge in [0, 0.05) is 31.0 Å². The topological polar surface area (TPSA) is 73.5 Å². The molecule has 0 unspecified atom stereocenters. The fourth-order valence-electron chi connectivity index (χ4n) is 2.64. The summed E-state index contributed by atoms with van der Waals surface area (Å²) in [5.41, 5.74) is 3.36. The quantitative estimate of drug-likeness (QED) is 0.808. The van der Waals surface area contributed by atoms with Crippen LogP contribution in [0.5, 0.6) is 0 Å². The van der Waals surface area contributed by atoms with Gasteiger partial charge in [0.05, 0.1) is 0 Å². The summed E-state index contributed by atoms with van der Waals surface area (Å²) in [6, 6.07) is 14.7. The monoisotopic (exact) mass is 324 g/mol. The van der Waals surface area contributed by atoms with Crippen molar-refractivity contribution in [2.75, 3.05) is 23.7 Å². The van der Waals surface area contributed by atoms with E-state index in [0.29, 0.717) is 25.3 Å². The minimum absolute atomic E-state index is 0.0748. The van der Waals surface area contributed by atoms with Crippen molar-refractivity contribution >= 4 is 23.4 Å². The molecule has 0 spiro atoms. The number of para-hydroxylation sites is 2. The molecule has 1 aliphatic rings. The second kappa shape index (κ2) is 7.04. The van der Waals surface area contributed by atoms with Crippen LogP contribution in [0.15, 0.2) is 48.5 Å². The number of nitrogens with one attached hydrogen (secondary N) is 3. The molecular formula is C18H20N4O2. The van der Waals surface area contributed by atoms with Gasteiger partial charge in [-0.15, -0.1) is 0 Å². The molecule has 6 heteroatoms. The number of rotatable bonds is 4. The van der Waals surface area contributed by atoms with Crippen LogP contribution in [0.2, 0.25) is 0 Å². The van der Waals surface area contributed by atoms with Gasteiger partial charge in [0.15, 0.2) is 0 Å². The second-order valence-electron chi connectivity index (χ2n) is 5.70. The van der Waals surface area contributed by atoms with E-state index in [1.165, 1.54) is 0 Å². The molecule has 1 fully saturated rings. The Hall–Kier alpha value is -3.02. The Morgan fingerprint density at radius 2 is 1.75 bits per heavy atom. The van der Waals surface area contributed by atoms with E-state index in [1.807, 2.05) is 55.5 Å². The Balaban J connectivity index is 1.69. The number of amides is 4. The van der Waals surface area contributed by atoms with Crippen LogP contribution in [0.25, 0.3) is 0 Å². The van der Waals surface area contributed by atoms with E-state index in [9.17, 15) is 9.59 Å². The fraction of sp³-hybridized carbons (Fsp3) is 0.222. The maximum absolute atomic E-state index is 12.3. The first-order chi connectivity index (χ1) is 11.6. The van der Waals surface area contributed by atoms with Gasteiger partial charge in [-0.3, -0.25) is 0 Å². The molecule has 1 heterocycles. The first-order valence-corrected chi connectivity index (χ1v) is 7.88. The van der Waals surface area contributed by atoms with Gasteiger partial charge in [0.25, 0.3) is 0 Å². The molecule has 1 saturated heterocycles. The Bertz CT molecular complexity index is 760. The molecule has 3 rings (SSSR count). The highest BCUT2D eigenvalue weighted by atomic mass is 16.2. The maximum atomic E-state index is 12.3. The van der Waals surface area contributed by atoms with Crippen LogP contribution < -0.4 is 16.0 Å². The Kier molecular flexibility index (Phi) is 4.65. The zero-order chi connectivity index (χ0) is 16.9. The molecule has 3 N–H and O–H groups in total. The highest BCUT2D eigenvalue weighted by Crippen LogP contribution is 2.19. The third kappa shape index (κ3) is 3.65. The van der Waals surface area contributed by atoms with Crippen LogP contribution >= 0.6 is 0 Å². The van der Waals surface area contributed by atoms with Crippen molar-refractivity contribution < 1.29 is 9.59 Å². The number of carbonyl (C=O) groups excluding carboxylic acids is 2. The minimum atomic E-state index is -0.303. The fourth-order valence-corrected chi connectivity index (χ4v) is 2.64. The predicted octanol–water partition coefficient (Wildman–Crippen LogP) is 3.16. The van der Waals surface area contributed by atoms with Crippen LogP contribution in [0, 0.1) is 6.92 Å². The molecule has 0 radical (unpaired) electrons. The first kappa shape index (κ1) is 15.9. The van der Waals surface area contributed by atoms with Crippen LogP contribution in [-0.4, -0.2) is 30.1 Å². The van der Waals surface area contributed by atoms with Gasteiger partial charge in [0.2, 0.25) is 0 Å². The lowest BCUT2D eigenvalue weighted by Gasteiger charge is -2.17. The number of aryl methyl sites for hydroxylation is 1. The van der Waals surface area contributed by atoms with E-state index < -0.39 is 0 Å². The van der Waals surface area contributed by atoms with Crippen molar-refractivity contribution in [3.8, 4) is 0 Å². The zero-order valence-electron chi connectivity index (χ0n) is 13.5. The van der Waals surface area contributed by atoms with Crippen molar-refractivity contribution in [2.24, 2.45) is 0 Å². The molecule has 6 nitrogen and oxygen atoms in total. The third-order valence-corrected chi connectivity index (χ3v) is 3.97. The molecule has 0 bridgehead atoms. The number of hydrogen-bond donors (Lipinski definition) is 3. The molecule has 0 aromatic heterocycles. The normalized spacial score (nSPS) is 13.5. The molecule has 24 heavy (non-hydrogen) atoms. The molecule has 0 aliphatic carbocycles. The molecule has 4 amide bonds. The SMILES string of the molecule is Cc1ccccc1NC(=O)Nc1ccccc1CN1CCNC1=O. The van der Waals surface area contributed by atoms with Crippen LogP contribution in [-0.2, 0) is 6.54 Å². The number of urea groups is 2. The third-order valence-electron chi connectivity index (χ3n) is 3.97. The van der Waals surface area contributed by atoms with Gasteiger partial charge < -0.3 is 20.9 Å². The van der Waals surface area contributed by atoms with Crippen molar-refractivity contribution in [3.63, 3.8) is 0 Å². The summed E-state index contributed by atoms with van der Waals surface area (Å²) >= 11 is 0. The summed E-state index contributed by atoms with van der Waals surface area (Å²) in [6.45, 7) is 3.73. The Morgan fingerprint density at radius 3 is 2.46 bits per heavy atom. The van der Waals surface area contributed by atoms with E-state index in [0.717, 1.165) is 16.8 Å². The number of hydrogen-bond acceptors (Lipinski definition) is 2. The Labute approximate surface area is 140 Å². The average molecular weight is 324 g/mol. The summed E-state index contributed by atoms with van der Waals surface area (Å²) in [7, 11) is 0. The number of benzene rings is 2. The Morgan fingerprint density at radius 1 is 1.08 bits per heavy atom. The van der Waals surface area contributed by atoms with E-state index in [2.05, 4.69) is 16.0 Å². The van der Waals surface area contributed by atoms with Crippen LogP contribution in [0.1, 0.15) is 11.1 Å². The number of nitrogens with zero attached hydrogens (tertiary/aromatic N) is 1. The van der Waals surface area contributed by atoms with E-state index in [-0.39, 0.29) is 12.1 Å². The second-order valence-corrected chi connectivity index (χ2v) is 5.70. The largest absolute Gasteiger partial charge is 0.336 e. The summed E-state index contributed by atoms with van der Waals surface area (Å²) in [6.07, 6.45) is 0. The van der Waals surface area contributed by atoms with Gasteiger partial charge >= 0.3 is 12.1 Å². The van der Waals surface area contributed by atoms with Gasteiger partial charge in [-0.05, 0) is 30.2 Å². The van der Waals surface area contributed by atoms with Crippen LogP contribution in [0.3, 0.4) is 0 Å². The van der Waals surface area contributed by atoms with Crippen molar-refractivity contribution in [1.29, 1.82) is 0 Å². The van der Waals surface area contributed by atoms with Gasteiger partial charge in [-0.25, -0.2) is 9.59 Å². The van der Waals surface area contributed by atoms with Crippen LogP contribution in [0.4, 0.5) is 21.0 Å². The zero-order valence-corrected chi connectivity index (χ0v) is 13.5. The predicted molar refractivity (Wildman–Crippen MR) is 94.1 cm³/mol. The molecule has 2 aromatic carbocycles. The summed E-state index contributed by atoms with van der Waals surface area (Å²) in [4.78, 5) is 25.7. The van der Waals surface area contributed by atoms with Crippen molar-refractivity contribution in [3.05, 3.63) is 59.7 Å². The van der Waals surface area contributed by atoms with E-state index in [1.54, 1.807) is 4.90 Å². The van der Waals surface area contributed by atoms with Crippen molar-refractivity contribution in [1.82, 2.24) is 10.2 Å². The van der Waals surface area contributed by atoms with Crippen molar-refractivity contribution in [2.45, 2.75) is 13.5 Å². The number of anilines is 2. The molecule has 0 saturated carbocycles. The van der Waals surface area contributed by atoms with E-state index >= 15 is 0 Å². The molecule has 1 aliphatic heterocycles. The highest BCUT2D eigenvalue weighted by Gasteiger charge is 2.20. The van der Waals surface area contributed by atoms with Gasteiger partial charge in [-0.1, -0.05) is 36.4 Å². The first-order valence-electron chi connectivity index (χ1n) is 7.88. The number of carbonyl (C=O) groups is 2. The molecule has 124 valence electrons. The van der Waals surface area contributed by atoms with Gasteiger partial charge in [0.1, 0.15) is 0 Å². The standard InChI is InChI=1S/C18H20N4O2/c1-13-6-2-4-8-15(13)20-17(23)21-16-9-5-3-7-14(16)12-22-11-10-19-18(22)24/h2-9H,10-12H2,1H3,(H,19,24)(H2,20,21,23). The summed E-state index contributed by atoms with van der Waals surface area (Å²) < 4.78 is 0. The van der Waals surface area contributed by atoms with E-state index in [4.69, 9.17) is 0 Å². The molecular weight excluding hydrogens is 304 g/mol. The maximum Gasteiger partial charge on any atom is 0.323 e. The minimum Gasteiger partial charge on any atom is -0.336 e. The summed E-state index contributed by atoms with van der Waals surface area (Å²) in [5, 5.41) is 8.49. The smallest absolute Gasteiger partial charge is 0.323 e. The lowest BCUT2D eigenvalue weighted by atomic mass is 10.1. The molecule has 0 atom stereocenters. The van der Waals surface area contributed by atoms with Gasteiger partial charge in [-0.2, -0.15) is 0 Å². The lowest BCUT2D eigenvalue weighted by Crippen LogP contribution is -2.28. The average Bonchev–Trinajstić information content (AvgIpc) is 2.96. The summed E-state index contributed by atoms with van der Waals surface area (Å²) in [5.74, 6) is 0. The molecule has 2 aromatic rings. The highest BCUT2D eigenvalue weighted by molar-refractivity contribution is 6.00.